The van der Waals surface area contributed by atoms with Gasteiger partial charge in [0, 0.05) is 5.38 Å². The number of benzene rings is 1. The van der Waals surface area contributed by atoms with Crippen LogP contribution in [0.1, 0.15) is 31.2 Å². The van der Waals surface area contributed by atoms with Gasteiger partial charge in [-0.2, -0.15) is 0 Å². The first kappa shape index (κ1) is 11.6. The average molecular weight is 264 g/mol. The highest BCUT2D eigenvalue weighted by Crippen LogP contribution is 2.45. The van der Waals surface area contributed by atoms with Crippen molar-refractivity contribution in [1.29, 1.82) is 0 Å². The van der Waals surface area contributed by atoms with Crippen LogP contribution < -0.4 is 0 Å². The van der Waals surface area contributed by atoms with Crippen LogP contribution in [0.25, 0.3) is 0 Å². The Morgan fingerprint density at radius 1 is 1.20 bits per heavy atom. The summed E-state index contributed by atoms with van der Waals surface area (Å²) < 4.78 is 0. The highest BCUT2D eigenvalue weighted by Gasteiger charge is 2.33. The predicted molar refractivity (Wildman–Crippen MR) is 67.2 cm³/mol. The van der Waals surface area contributed by atoms with Crippen LogP contribution in [0, 0.1) is 5.92 Å². The monoisotopic (exact) mass is 262 g/mol. The quantitative estimate of drug-likeness (QED) is 0.617. The molecule has 82 valence electrons. The van der Waals surface area contributed by atoms with Crippen molar-refractivity contribution in [2.45, 2.75) is 31.1 Å². The summed E-state index contributed by atoms with van der Waals surface area (Å²) in [6.07, 6.45) is 2.17. The second-order valence-electron chi connectivity index (χ2n) is 4.20. The van der Waals surface area contributed by atoms with E-state index in [2.05, 4.69) is 13.0 Å². The summed E-state index contributed by atoms with van der Waals surface area (Å²) >= 11 is 18.4. The molecule has 1 saturated carbocycles. The summed E-state index contributed by atoms with van der Waals surface area (Å²) in [6, 6.07) is 5.84. The lowest BCUT2D eigenvalue weighted by atomic mass is 9.90. The number of halogens is 3. The number of alkyl halides is 1. The fraction of sp³-hybridized carbons (Fsp3) is 0.500. The molecule has 15 heavy (non-hydrogen) atoms. The standard InChI is InChI=1S/C12H13Cl3/c1-7-8(5-6-10(7)13)9-3-2-4-11(14)12(9)15/h2-4,7-8,10H,5-6H2,1H3. The van der Waals surface area contributed by atoms with Crippen LogP contribution >= 0.6 is 34.8 Å². The molecule has 0 heterocycles. The molecule has 3 atom stereocenters. The second kappa shape index (κ2) is 4.53. The zero-order valence-electron chi connectivity index (χ0n) is 8.51. The number of rotatable bonds is 1. The molecule has 0 bridgehead atoms. The van der Waals surface area contributed by atoms with Crippen molar-refractivity contribution in [2.24, 2.45) is 5.92 Å². The van der Waals surface area contributed by atoms with Crippen LogP contribution in [-0.4, -0.2) is 5.38 Å². The van der Waals surface area contributed by atoms with Crippen LogP contribution in [-0.2, 0) is 0 Å². The number of hydrogen-bond donors (Lipinski definition) is 0. The van der Waals surface area contributed by atoms with Crippen molar-refractivity contribution in [1.82, 2.24) is 0 Å². The van der Waals surface area contributed by atoms with Crippen LogP contribution in [0.5, 0.6) is 0 Å². The molecule has 2 rings (SSSR count). The van der Waals surface area contributed by atoms with Gasteiger partial charge in [-0.05, 0) is 36.3 Å². The highest BCUT2D eigenvalue weighted by atomic mass is 35.5. The van der Waals surface area contributed by atoms with Gasteiger partial charge in [0.15, 0.2) is 0 Å². The lowest BCUT2D eigenvalue weighted by molar-refractivity contribution is 0.538. The van der Waals surface area contributed by atoms with E-state index < -0.39 is 0 Å². The Bertz CT molecular complexity index is 362. The van der Waals surface area contributed by atoms with E-state index in [1.807, 2.05) is 12.1 Å². The molecule has 1 fully saturated rings. The third-order valence-corrected chi connectivity index (χ3v) is 4.79. The van der Waals surface area contributed by atoms with E-state index in [0.717, 1.165) is 18.4 Å². The van der Waals surface area contributed by atoms with E-state index in [1.165, 1.54) is 0 Å². The average Bonchev–Trinajstić information content (AvgIpc) is 2.53. The van der Waals surface area contributed by atoms with Crippen molar-refractivity contribution in [2.75, 3.05) is 0 Å². The molecule has 0 saturated heterocycles. The van der Waals surface area contributed by atoms with Gasteiger partial charge in [-0.1, -0.05) is 42.3 Å². The van der Waals surface area contributed by atoms with Crippen LogP contribution in [0.3, 0.4) is 0 Å². The molecule has 0 N–H and O–H groups in total. The van der Waals surface area contributed by atoms with E-state index >= 15 is 0 Å². The summed E-state index contributed by atoms with van der Waals surface area (Å²) in [6.45, 7) is 2.19. The van der Waals surface area contributed by atoms with Gasteiger partial charge in [-0.25, -0.2) is 0 Å². The molecule has 1 aliphatic rings. The summed E-state index contributed by atoms with van der Waals surface area (Å²) in [5, 5.41) is 1.60. The van der Waals surface area contributed by atoms with Gasteiger partial charge >= 0.3 is 0 Å². The fourth-order valence-electron chi connectivity index (χ4n) is 2.36. The Kier molecular flexibility index (Phi) is 3.49. The molecular weight excluding hydrogens is 250 g/mol. The van der Waals surface area contributed by atoms with Gasteiger partial charge in [-0.3, -0.25) is 0 Å². The third kappa shape index (κ3) is 2.13. The lowest BCUT2D eigenvalue weighted by Gasteiger charge is -2.19. The third-order valence-electron chi connectivity index (χ3n) is 3.34. The first-order chi connectivity index (χ1) is 7.11. The van der Waals surface area contributed by atoms with Crippen LogP contribution in [0.4, 0.5) is 0 Å². The fourth-order valence-corrected chi connectivity index (χ4v) is 3.11. The smallest absolute Gasteiger partial charge is 0.0627 e. The van der Waals surface area contributed by atoms with Crippen LogP contribution in [0.15, 0.2) is 18.2 Å². The maximum absolute atomic E-state index is 6.22. The van der Waals surface area contributed by atoms with Gasteiger partial charge < -0.3 is 0 Å². The van der Waals surface area contributed by atoms with E-state index in [9.17, 15) is 0 Å². The Morgan fingerprint density at radius 3 is 2.53 bits per heavy atom. The summed E-state index contributed by atoms with van der Waals surface area (Å²) in [4.78, 5) is 0. The molecule has 0 nitrogen and oxygen atoms in total. The minimum atomic E-state index is 0.269. The van der Waals surface area contributed by atoms with Crippen LogP contribution in [0.2, 0.25) is 10.0 Å². The van der Waals surface area contributed by atoms with Crippen molar-refractivity contribution < 1.29 is 0 Å². The van der Waals surface area contributed by atoms with Gasteiger partial charge in [-0.15, -0.1) is 11.6 Å². The zero-order chi connectivity index (χ0) is 11.0. The molecule has 1 aromatic carbocycles. The minimum Gasteiger partial charge on any atom is -0.123 e. The molecule has 0 spiro atoms. The van der Waals surface area contributed by atoms with Gasteiger partial charge in [0.2, 0.25) is 0 Å². The topological polar surface area (TPSA) is 0 Å². The number of hydrogen-bond acceptors (Lipinski definition) is 0. The zero-order valence-corrected chi connectivity index (χ0v) is 10.8. The lowest BCUT2D eigenvalue weighted by Crippen LogP contribution is -2.09. The maximum atomic E-state index is 6.22. The van der Waals surface area contributed by atoms with Gasteiger partial charge in [0.25, 0.3) is 0 Å². The van der Waals surface area contributed by atoms with E-state index in [-0.39, 0.29) is 5.38 Å². The molecular formula is C12H13Cl3. The second-order valence-corrected chi connectivity index (χ2v) is 5.55. The first-order valence-corrected chi connectivity index (χ1v) is 6.38. The summed E-state index contributed by atoms with van der Waals surface area (Å²) in [5.41, 5.74) is 1.15. The summed E-state index contributed by atoms with van der Waals surface area (Å²) in [5.74, 6) is 0.932. The molecule has 1 aliphatic carbocycles. The first-order valence-electron chi connectivity index (χ1n) is 5.19. The van der Waals surface area contributed by atoms with Gasteiger partial charge in [0.1, 0.15) is 0 Å². The molecule has 0 amide bonds. The largest absolute Gasteiger partial charge is 0.123 e. The Morgan fingerprint density at radius 2 is 1.93 bits per heavy atom. The predicted octanol–water partition coefficient (Wildman–Crippen LogP) is 5.11. The molecule has 0 aromatic heterocycles. The van der Waals surface area contributed by atoms with Crippen molar-refractivity contribution >= 4 is 34.8 Å². The molecule has 0 radical (unpaired) electrons. The Hall–Kier alpha value is 0.0900. The molecule has 1 aromatic rings. The van der Waals surface area contributed by atoms with Crippen molar-refractivity contribution in [3.63, 3.8) is 0 Å². The Balaban J connectivity index is 2.34. The normalized spacial score (nSPS) is 30.8. The minimum absolute atomic E-state index is 0.269. The molecule has 0 aliphatic heterocycles. The van der Waals surface area contributed by atoms with E-state index in [0.29, 0.717) is 21.9 Å². The van der Waals surface area contributed by atoms with Crippen molar-refractivity contribution in [3.05, 3.63) is 33.8 Å². The Labute approximate surface area is 106 Å². The van der Waals surface area contributed by atoms with E-state index in [4.69, 9.17) is 34.8 Å². The highest BCUT2D eigenvalue weighted by molar-refractivity contribution is 6.42. The SMILES string of the molecule is CC1C(Cl)CCC1c1cccc(Cl)c1Cl. The molecule has 3 unspecified atom stereocenters. The maximum Gasteiger partial charge on any atom is 0.0627 e. The summed E-state index contributed by atoms with van der Waals surface area (Å²) in [7, 11) is 0. The van der Waals surface area contributed by atoms with E-state index in [1.54, 1.807) is 0 Å². The van der Waals surface area contributed by atoms with Crippen molar-refractivity contribution in [3.8, 4) is 0 Å². The van der Waals surface area contributed by atoms with Gasteiger partial charge in [0.05, 0.1) is 10.0 Å². The molecule has 3 heteroatoms.